The van der Waals surface area contributed by atoms with Crippen molar-refractivity contribution in [3.8, 4) is 0 Å². The van der Waals surface area contributed by atoms with Gasteiger partial charge in [-0.3, -0.25) is 14.5 Å². The topological polar surface area (TPSA) is 215 Å². The Morgan fingerprint density at radius 2 is 1.28 bits per heavy atom. The lowest BCUT2D eigenvalue weighted by Gasteiger charge is -2.49. The summed E-state index contributed by atoms with van der Waals surface area (Å²) in [6.45, 7) is 0. The number of benzene rings is 6. The highest BCUT2D eigenvalue weighted by Crippen LogP contribution is 2.44. The molecule has 2 aliphatic rings. The molecule has 1 saturated heterocycles. The van der Waals surface area contributed by atoms with E-state index in [0.717, 1.165) is 33.4 Å². The molecule has 0 spiro atoms. The monoisotopic (exact) mass is 1030 g/mol. The number of nitrogens with zero attached hydrogens (tertiary/aromatic N) is 8. The quantitative estimate of drug-likeness (QED) is 0.0222. The van der Waals surface area contributed by atoms with E-state index in [1.54, 1.807) is 11.4 Å². The number of β-lactam (4-membered cyclic amide) rings is 1. The van der Waals surface area contributed by atoms with E-state index < -0.39 is 40.3 Å². The first-order chi connectivity index (χ1) is 36.2. The van der Waals surface area contributed by atoms with E-state index in [9.17, 15) is 14.7 Å². The molecular formula is C55H43N11O5S3. The van der Waals surface area contributed by atoms with Crippen LogP contribution in [0.1, 0.15) is 39.1 Å². The number of carboxylic acids is 1. The van der Waals surface area contributed by atoms with Crippen LogP contribution in [0.5, 0.6) is 0 Å². The second-order valence-electron chi connectivity index (χ2n) is 17.2. The number of thioether (sulfide) groups is 2. The third-order valence-corrected chi connectivity index (χ3v) is 15.9. The third-order valence-electron chi connectivity index (χ3n) is 12.8. The molecule has 9 aromatic rings. The van der Waals surface area contributed by atoms with Gasteiger partial charge in [0.05, 0.1) is 5.69 Å². The highest BCUT2D eigenvalue weighted by atomic mass is 32.2. The number of thiazole rings is 1. The smallest absolute Gasteiger partial charge is 0.352 e. The Morgan fingerprint density at radius 1 is 0.770 bits per heavy atom. The molecule has 6 aromatic carbocycles. The molecule has 16 nitrogen and oxygen atoms in total. The fraction of sp³-hybridized carbons (Fsp3) is 0.109. The maximum absolute atomic E-state index is 15.2. The molecule has 2 atom stereocenters. The van der Waals surface area contributed by atoms with E-state index in [1.165, 1.54) is 44.4 Å². The molecule has 19 heteroatoms. The van der Waals surface area contributed by atoms with Crippen molar-refractivity contribution in [1.82, 2.24) is 40.5 Å². The molecule has 0 bridgehead atoms. The summed E-state index contributed by atoms with van der Waals surface area (Å²) in [5.41, 5.74) is 9.76. The number of carbonyl (C=O) groups is 3. The lowest BCUT2D eigenvalue weighted by molar-refractivity contribution is -0.150. The summed E-state index contributed by atoms with van der Waals surface area (Å²) < 4.78 is 1.20. The Hall–Kier alpha value is -8.65. The molecule has 0 radical (unpaired) electrons. The van der Waals surface area contributed by atoms with Gasteiger partial charge in [-0.2, -0.15) is 0 Å². The third kappa shape index (κ3) is 8.79. The van der Waals surface area contributed by atoms with E-state index in [4.69, 9.17) is 20.7 Å². The van der Waals surface area contributed by atoms with Gasteiger partial charge in [0.25, 0.3) is 11.8 Å². The Balaban J connectivity index is 0.973. The number of nitrogen functional groups attached to an aromatic ring is 1. The maximum Gasteiger partial charge on any atom is 0.352 e. The Labute approximate surface area is 436 Å². The maximum atomic E-state index is 15.2. The van der Waals surface area contributed by atoms with Crippen LogP contribution in [-0.4, -0.2) is 86.7 Å². The van der Waals surface area contributed by atoms with Crippen LogP contribution in [0.3, 0.4) is 0 Å². The number of hydrogen-bond donors (Lipinski definition) is 4. The number of hydrogen-bond acceptors (Lipinski definition) is 15. The summed E-state index contributed by atoms with van der Waals surface area (Å²) in [7, 11) is 0. The summed E-state index contributed by atoms with van der Waals surface area (Å²) in [4.78, 5) is 55.6. The number of aromatic nitrogens is 6. The van der Waals surface area contributed by atoms with Crippen LogP contribution in [0.2, 0.25) is 0 Å². The van der Waals surface area contributed by atoms with E-state index in [0.29, 0.717) is 27.1 Å². The van der Waals surface area contributed by atoms with Crippen LogP contribution >= 0.6 is 34.9 Å². The second kappa shape index (κ2) is 20.5. The van der Waals surface area contributed by atoms with Crippen LogP contribution < -0.4 is 16.4 Å². The molecule has 5 heterocycles. The SMILES string of the molecule is Nc1cc(SCC2=C(C(=O)O)N3C(=O)C(NC(=O)C(=NOC(c4ccccc4)(c4ccccc4)c4ccccc4)c4csc(NC(c5ccccc5)(c5ccccc5)c5ccccc5)n4)[C@@H]3SC2)nn2nnnc12. The molecule has 0 saturated carbocycles. The number of carbonyl (C=O) groups excluding carboxylic acids is 2. The average molecular weight is 1030 g/mol. The summed E-state index contributed by atoms with van der Waals surface area (Å²) >= 11 is 3.85. The summed E-state index contributed by atoms with van der Waals surface area (Å²) in [6, 6.07) is 59.6. The molecule has 2 amide bonds. The fourth-order valence-electron chi connectivity index (χ4n) is 9.36. The number of nitrogens with two attached hydrogens (primary N) is 1. The predicted molar refractivity (Wildman–Crippen MR) is 285 cm³/mol. The van der Waals surface area contributed by atoms with Gasteiger partial charge in [0.2, 0.25) is 11.2 Å². The van der Waals surface area contributed by atoms with Gasteiger partial charge in [0.15, 0.2) is 10.8 Å². The van der Waals surface area contributed by atoms with Gasteiger partial charge in [-0.1, -0.05) is 199 Å². The number of aliphatic carboxylic acids is 1. The Kier molecular flexibility index (Phi) is 13.2. The van der Waals surface area contributed by atoms with Crippen molar-refractivity contribution in [2.45, 2.75) is 27.6 Å². The van der Waals surface area contributed by atoms with Gasteiger partial charge >= 0.3 is 5.97 Å². The number of rotatable bonds is 17. The van der Waals surface area contributed by atoms with Gasteiger partial charge in [0, 0.05) is 33.6 Å². The largest absolute Gasteiger partial charge is 0.477 e. The fourth-order valence-corrected chi connectivity index (χ4v) is 12.5. The van der Waals surface area contributed by atoms with Crippen LogP contribution in [0.15, 0.2) is 215 Å². The first-order valence-electron chi connectivity index (χ1n) is 23.3. The van der Waals surface area contributed by atoms with Gasteiger partial charge in [-0.25, -0.2) is 9.78 Å². The summed E-state index contributed by atoms with van der Waals surface area (Å²) in [6.07, 6.45) is 0. The van der Waals surface area contributed by atoms with Gasteiger partial charge < -0.3 is 26.3 Å². The minimum Gasteiger partial charge on any atom is -0.477 e. The molecule has 366 valence electrons. The van der Waals surface area contributed by atoms with E-state index in [-0.39, 0.29) is 28.6 Å². The molecular weight excluding hydrogens is 991 g/mol. The number of fused-ring (bicyclic) bond motifs is 2. The van der Waals surface area contributed by atoms with Crippen LogP contribution in [0.4, 0.5) is 10.8 Å². The second-order valence-corrected chi connectivity index (χ2v) is 20.1. The van der Waals surface area contributed by atoms with E-state index in [2.05, 4.69) is 67.7 Å². The van der Waals surface area contributed by atoms with Crippen LogP contribution in [0.25, 0.3) is 5.65 Å². The molecule has 11 rings (SSSR count). The minimum atomic E-state index is -1.38. The van der Waals surface area contributed by atoms with E-state index >= 15 is 4.79 Å². The molecule has 5 N–H and O–H groups in total. The zero-order chi connectivity index (χ0) is 50.7. The van der Waals surface area contributed by atoms with Crippen LogP contribution in [0, 0.1) is 0 Å². The normalized spacial score (nSPS) is 15.8. The van der Waals surface area contributed by atoms with Crippen molar-refractivity contribution < 1.29 is 24.3 Å². The Morgan fingerprint density at radius 3 is 1.80 bits per heavy atom. The molecule has 1 unspecified atom stereocenters. The van der Waals surface area contributed by atoms with Gasteiger partial charge in [-0.15, -0.1) is 37.9 Å². The highest BCUT2D eigenvalue weighted by molar-refractivity contribution is 8.01. The summed E-state index contributed by atoms with van der Waals surface area (Å²) in [5.74, 6) is -2.19. The molecule has 2 aliphatic heterocycles. The van der Waals surface area contributed by atoms with Crippen LogP contribution in [-0.2, 0) is 30.4 Å². The molecule has 1 fully saturated rings. The van der Waals surface area contributed by atoms with Crippen molar-refractivity contribution >= 4 is 74.8 Å². The van der Waals surface area contributed by atoms with Crippen molar-refractivity contribution in [3.63, 3.8) is 0 Å². The van der Waals surface area contributed by atoms with Crippen molar-refractivity contribution in [3.05, 3.63) is 244 Å². The van der Waals surface area contributed by atoms with Crippen molar-refractivity contribution in [2.24, 2.45) is 5.16 Å². The number of amides is 2. The van der Waals surface area contributed by atoms with Gasteiger partial charge in [-0.05, 0) is 38.8 Å². The number of nitrogens with one attached hydrogen (secondary N) is 2. The zero-order valence-electron chi connectivity index (χ0n) is 39.0. The number of tetrazole rings is 1. The number of oxime groups is 1. The van der Waals surface area contributed by atoms with E-state index in [1.807, 2.05) is 146 Å². The number of carboxylic acid groups (broad SMARTS) is 1. The molecule has 74 heavy (non-hydrogen) atoms. The highest BCUT2D eigenvalue weighted by Gasteiger charge is 2.54. The minimum absolute atomic E-state index is 0.155. The van der Waals surface area contributed by atoms with Crippen molar-refractivity contribution in [2.75, 3.05) is 22.6 Å². The Bertz CT molecular complexity index is 3360. The predicted octanol–water partition coefficient (Wildman–Crippen LogP) is 8.21. The molecule has 3 aromatic heterocycles. The number of anilines is 2. The lowest BCUT2D eigenvalue weighted by Crippen LogP contribution is -2.71. The first-order valence-corrected chi connectivity index (χ1v) is 26.2. The average Bonchev–Trinajstić information content (AvgIpc) is 4.14. The zero-order valence-corrected chi connectivity index (χ0v) is 41.5. The van der Waals surface area contributed by atoms with Crippen molar-refractivity contribution in [1.29, 1.82) is 0 Å². The summed E-state index contributed by atoms with van der Waals surface area (Å²) in [5, 5.41) is 39.7. The van der Waals surface area contributed by atoms with Gasteiger partial charge in [0.1, 0.15) is 33.4 Å². The molecule has 0 aliphatic carbocycles. The lowest BCUT2D eigenvalue weighted by atomic mass is 9.77. The standard InChI is InChI=1S/C55H43N11O5S3/c56-42-31-44(61-66-48(42)60-63-64-66)72-32-35-33-73-51-46(50(68)65(51)47(35)52(69)70)58-49(67)45(62-71-55(39-25-13-4-14-26-39,40-27-15-5-16-28-40)41-29-17-6-18-30-41)43-34-74-53(57-43)59-54(36-19-7-1-8-20-36,37-21-9-2-10-22-37)38-23-11-3-12-24-38/h1-31,34,46,51H,32-33,56H2,(H,57,59)(H,58,67)(H,69,70)/t46?,51-/m0/s1. The first kappa shape index (κ1) is 47.7.